The van der Waals surface area contributed by atoms with E-state index < -0.39 is 27.3 Å². The van der Waals surface area contributed by atoms with Gasteiger partial charge in [0.15, 0.2) is 15.9 Å². The maximum Gasteiger partial charge on any atom is 0.345 e. The van der Waals surface area contributed by atoms with E-state index in [4.69, 9.17) is 16.3 Å². The molecule has 30 heavy (non-hydrogen) atoms. The van der Waals surface area contributed by atoms with Crippen molar-refractivity contribution in [2.45, 2.75) is 45.1 Å². The number of hydrogen-bond donors (Lipinski definition) is 1. The number of hydrogen-bond acceptors (Lipinski definition) is 4. The zero-order valence-corrected chi connectivity index (χ0v) is 19.0. The third kappa shape index (κ3) is 6.25. The van der Waals surface area contributed by atoms with Crippen molar-refractivity contribution in [1.82, 2.24) is 0 Å². The molecule has 0 saturated carbocycles. The van der Waals surface area contributed by atoms with Gasteiger partial charge in [0, 0.05) is 16.0 Å². The number of benzene rings is 2. The molecule has 2 rings (SSSR count). The number of carbonyl (C=O) groups is 1. The highest BCUT2D eigenvalue weighted by Crippen LogP contribution is 2.29. The van der Waals surface area contributed by atoms with Crippen LogP contribution >= 0.6 is 11.6 Å². The maximum atomic E-state index is 12.3. The highest BCUT2D eigenvalue weighted by molar-refractivity contribution is 7.91. The second kappa shape index (κ2) is 9.55. The third-order valence-electron chi connectivity index (χ3n) is 4.20. The fraction of sp³-hybridized carbons (Fsp3) is 0.348. The van der Waals surface area contributed by atoms with Crippen LogP contribution in [0.15, 0.2) is 47.4 Å². The molecule has 0 spiro atoms. The molecule has 0 amide bonds. The first kappa shape index (κ1) is 23.8. The minimum atomic E-state index is -3.35. The van der Waals surface area contributed by atoms with Gasteiger partial charge in [-0.1, -0.05) is 57.2 Å². The molecule has 0 heterocycles. The summed E-state index contributed by atoms with van der Waals surface area (Å²) in [5.74, 6) is 5.14. The Kier molecular flexibility index (Phi) is 7.57. The molecule has 0 aromatic heterocycles. The Labute approximate surface area is 183 Å². The minimum absolute atomic E-state index is 0.0690. The molecule has 0 saturated heterocycles. The topological polar surface area (TPSA) is 80.7 Å². The van der Waals surface area contributed by atoms with Crippen LogP contribution in [0.1, 0.15) is 45.2 Å². The van der Waals surface area contributed by atoms with E-state index in [0.29, 0.717) is 28.3 Å². The molecule has 0 bridgehead atoms. The molecule has 0 aliphatic heterocycles. The van der Waals surface area contributed by atoms with Crippen LogP contribution in [-0.4, -0.2) is 31.4 Å². The summed E-state index contributed by atoms with van der Waals surface area (Å²) in [6.07, 6.45) is -0.554. The Bertz CT molecular complexity index is 1090. The lowest BCUT2D eigenvalue weighted by atomic mass is 9.89. The van der Waals surface area contributed by atoms with Gasteiger partial charge in [-0.3, -0.25) is 0 Å². The van der Waals surface area contributed by atoms with E-state index in [0.717, 1.165) is 0 Å². The van der Waals surface area contributed by atoms with Gasteiger partial charge in [-0.25, -0.2) is 13.2 Å². The monoisotopic (exact) mass is 448 g/mol. The van der Waals surface area contributed by atoms with Crippen LogP contribution in [0.3, 0.4) is 0 Å². The number of aliphatic carboxylic acids is 1. The fourth-order valence-electron chi connectivity index (χ4n) is 2.72. The van der Waals surface area contributed by atoms with Gasteiger partial charge < -0.3 is 9.84 Å². The van der Waals surface area contributed by atoms with Gasteiger partial charge in [0.05, 0.1) is 16.2 Å². The highest BCUT2D eigenvalue weighted by Gasteiger charge is 2.33. The van der Waals surface area contributed by atoms with Crippen LogP contribution in [0.4, 0.5) is 0 Å². The number of rotatable bonds is 6. The number of carboxylic acid groups (broad SMARTS) is 1. The standard InChI is InChI=1S/C23H25ClO5S/c1-5-13-30(27,28)19-8-6-7-16(14-19)9-10-17-15-18(24)11-12-20(17)29-21(22(25)26)23(2,3)4/h6-8,11-12,14-15,21H,5,13H2,1-4H3,(H,25,26). The summed E-state index contributed by atoms with van der Waals surface area (Å²) in [4.78, 5) is 11.9. The highest BCUT2D eigenvalue weighted by atomic mass is 35.5. The summed E-state index contributed by atoms with van der Waals surface area (Å²) in [5, 5.41) is 9.95. The van der Waals surface area contributed by atoms with Crippen molar-refractivity contribution >= 4 is 27.4 Å². The number of ether oxygens (including phenoxy) is 1. The molecular weight excluding hydrogens is 424 g/mol. The van der Waals surface area contributed by atoms with Crippen LogP contribution in [0.25, 0.3) is 0 Å². The second-order valence-corrected chi connectivity index (χ2v) is 10.5. The Morgan fingerprint density at radius 3 is 2.47 bits per heavy atom. The SMILES string of the molecule is CCCS(=O)(=O)c1cccc(C#Cc2cc(Cl)ccc2OC(C(=O)O)C(C)(C)C)c1. The van der Waals surface area contributed by atoms with Crippen LogP contribution in [0.2, 0.25) is 5.02 Å². The molecule has 2 aromatic carbocycles. The van der Waals surface area contributed by atoms with Crippen molar-refractivity contribution in [3.05, 3.63) is 58.6 Å². The number of halogens is 1. The van der Waals surface area contributed by atoms with Gasteiger partial charge in [0.25, 0.3) is 0 Å². The van der Waals surface area contributed by atoms with Crippen molar-refractivity contribution in [2.24, 2.45) is 5.41 Å². The molecular formula is C23H25ClO5S. The fourth-order valence-corrected chi connectivity index (χ4v) is 4.26. The van der Waals surface area contributed by atoms with E-state index >= 15 is 0 Å². The van der Waals surface area contributed by atoms with Crippen LogP contribution in [0.5, 0.6) is 5.75 Å². The van der Waals surface area contributed by atoms with Crippen LogP contribution < -0.4 is 4.74 Å². The summed E-state index contributed by atoms with van der Waals surface area (Å²) in [6.45, 7) is 7.13. The van der Waals surface area contributed by atoms with Crippen LogP contribution in [-0.2, 0) is 14.6 Å². The Hall–Kier alpha value is -2.49. The van der Waals surface area contributed by atoms with Gasteiger partial charge in [0.2, 0.25) is 0 Å². The molecule has 5 nitrogen and oxygen atoms in total. The molecule has 160 valence electrons. The largest absolute Gasteiger partial charge is 0.478 e. The number of sulfone groups is 1. The lowest BCUT2D eigenvalue weighted by molar-refractivity contribution is -0.150. The zero-order valence-electron chi connectivity index (χ0n) is 17.4. The Morgan fingerprint density at radius 2 is 1.87 bits per heavy atom. The lowest BCUT2D eigenvalue weighted by Gasteiger charge is -2.28. The van der Waals surface area contributed by atoms with Crippen LogP contribution in [0, 0.1) is 17.3 Å². The first-order chi connectivity index (χ1) is 13.9. The average Bonchev–Trinajstić information content (AvgIpc) is 2.64. The quantitative estimate of drug-likeness (QED) is 0.642. The van der Waals surface area contributed by atoms with E-state index in [1.807, 2.05) is 6.92 Å². The molecule has 0 fully saturated rings. The lowest BCUT2D eigenvalue weighted by Crippen LogP contribution is -2.39. The van der Waals surface area contributed by atoms with Gasteiger partial charge in [-0.15, -0.1) is 0 Å². The normalized spacial score (nSPS) is 12.6. The smallest absolute Gasteiger partial charge is 0.345 e. The van der Waals surface area contributed by atoms with E-state index in [2.05, 4.69) is 11.8 Å². The predicted molar refractivity (Wildman–Crippen MR) is 118 cm³/mol. The molecule has 0 radical (unpaired) electrons. The molecule has 2 aromatic rings. The predicted octanol–water partition coefficient (Wildman–Crippen LogP) is 4.80. The minimum Gasteiger partial charge on any atom is -0.478 e. The molecule has 0 aliphatic rings. The van der Waals surface area contributed by atoms with E-state index in [-0.39, 0.29) is 10.6 Å². The van der Waals surface area contributed by atoms with Crippen molar-refractivity contribution < 1.29 is 23.1 Å². The first-order valence-electron chi connectivity index (χ1n) is 9.48. The molecule has 0 aliphatic carbocycles. The van der Waals surface area contributed by atoms with E-state index in [1.165, 1.54) is 6.07 Å². The summed E-state index contributed by atoms with van der Waals surface area (Å²) in [5.41, 5.74) is 0.293. The first-order valence-corrected chi connectivity index (χ1v) is 11.5. The Balaban J connectivity index is 2.43. The van der Waals surface area contributed by atoms with E-state index in [1.54, 1.807) is 57.2 Å². The van der Waals surface area contributed by atoms with Gasteiger partial charge in [-0.05, 0) is 42.8 Å². The summed E-state index contributed by atoms with van der Waals surface area (Å²) in [7, 11) is -3.35. The maximum absolute atomic E-state index is 12.3. The van der Waals surface area contributed by atoms with Gasteiger partial charge in [0.1, 0.15) is 5.75 Å². The zero-order chi connectivity index (χ0) is 22.5. The molecule has 1 unspecified atom stereocenters. The van der Waals surface area contributed by atoms with Crippen molar-refractivity contribution in [3.63, 3.8) is 0 Å². The Morgan fingerprint density at radius 1 is 1.17 bits per heavy atom. The summed E-state index contributed by atoms with van der Waals surface area (Å²) < 4.78 is 30.4. The third-order valence-corrected chi connectivity index (χ3v) is 6.36. The van der Waals surface area contributed by atoms with Crippen molar-refractivity contribution in [1.29, 1.82) is 0 Å². The molecule has 7 heteroatoms. The van der Waals surface area contributed by atoms with Gasteiger partial charge >= 0.3 is 5.97 Å². The second-order valence-electron chi connectivity index (χ2n) is 7.94. The summed E-state index contributed by atoms with van der Waals surface area (Å²) in [6, 6.07) is 11.2. The van der Waals surface area contributed by atoms with Crippen molar-refractivity contribution in [3.8, 4) is 17.6 Å². The van der Waals surface area contributed by atoms with E-state index in [9.17, 15) is 18.3 Å². The average molecular weight is 449 g/mol. The van der Waals surface area contributed by atoms with Gasteiger partial charge in [-0.2, -0.15) is 0 Å². The molecule has 1 N–H and O–H groups in total. The number of carboxylic acids is 1. The molecule has 1 atom stereocenters. The summed E-state index contributed by atoms with van der Waals surface area (Å²) >= 11 is 6.09. The van der Waals surface area contributed by atoms with Crippen molar-refractivity contribution in [2.75, 3.05) is 5.75 Å².